The normalized spacial score (nSPS) is 30.7. The molecule has 0 aromatic heterocycles. The van der Waals surface area contributed by atoms with Crippen LogP contribution in [0.3, 0.4) is 0 Å². The Hall–Kier alpha value is -0.520. The summed E-state index contributed by atoms with van der Waals surface area (Å²) < 4.78 is 0. The van der Waals surface area contributed by atoms with Crippen molar-refractivity contribution in [1.82, 2.24) is 10.2 Å². The Morgan fingerprint density at radius 3 is 2.67 bits per heavy atom. The molecule has 0 spiro atoms. The SMILES string of the molecule is C#CCN(CC1CC1)CC1CNCC1C. The number of hydrogen-bond acceptors (Lipinski definition) is 2. The van der Waals surface area contributed by atoms with E-state index in [1.165, 1.54) is 39.0 Å². The van der Waals surface area contributed by atoms with Crippen molar-refractivity contribution in [2.45, 2.75) is 19.8 Å². The molecule has 2 nitrogen and oxygen atoms in total. The Bertz CT molecular complexity index is 239. The van der Waals surface area contributed by atoms with Crippen LogP contribution in [0.1, 0.15) is 19.8 Å². The molecule has 2 unspecified atom stereocenters. The quantitative estimate of drug-likeness (QED) is 0.680. The molecule has 1 aliphatic heterocycles. The highest BCUT2D eigenvalue weighted by atomic mass is 15.1. The summed E-state index contributed by atoms with van der Waals surface area (Å²) >= 11 is 0. The Kier molecular flexibility index (Phi) is 3.66. The fourth-order valence-corrected chi connectivity index (χ4v) is 2.44. The maximum atomic E-state index is 5.43. The van der Waals surface area contributed by atoms with Crippen molar-refractivity contribution in [3.05, 3.63) is 0 Å². The lowest BCUT2D eigenvalue weighted by Crippen LogP contribution is -2.34. The third-order valence-electron chi connectivity index (χ3n) is 3.70. The zero-order chi connectivity index (χ0) is 10.7. The maximum absolute atomic E-state index is 5.43. The van der Waals surface area contributed by atoms with Gasteiger partial charge in [-0.3, -0.25) is 4.90 Å². The summed E-state index contributed by atoms with van der Waals surface area (Å²) in [6, 6.07) is 0. The van der Waals surface area contributed by atoms with Gasteiger partial charge in [0.15, 0.2) is 0 Å². The highest BCUT2D eigenvalue weighted by Crippen LogP contribution is 2.30. The molecule has 1 N–H and O–H groups in total. The summed E-state index contributed by atoms with van der Waals surface area (Å²) in [6.07, 6.45) is 8.26. The van der Waals surface area contributed by atoms with Gasteiger partial charge in [0.1, 0.15) is 0 Å². The van der Waals surface area contributed by atoms with Gasteiger partial charge in [-0.05, 0) is 43.7 Å². The lowest BCUT2D eigenvalue weighted by atomic mass is 9.97. The van der Waals surface area contributed by atoms with Gasteiger partial charge in [-0.2, -0.15) is 0 Å². The molecule has 1 heterocycles. The minimum absolute atomic E-state index is 0.803. The van der Waals surface area contributed by atoms with Gasteiger partial charge in [0.25, 0.3) is 0 Å². The molecule has 1 saturated carbocycles. The van der Waals surface area contributed by atoms with Crippen LogP contribution in [0.2, 0.25) is 0 Å². The van der Waals surface area contributed by atoms with E-state index in [0.29, 0.717) is 0 Å². The van der Waals surface area contributed by atoms with E-state index >= 15 is 0 Å². The molecule has 1 saturated heterocycles. The molecule has 84 valence electrons. The van der Waals surface area contributed by atoms with Crippen LogP contribution in [0.15, 0.2) is 0 Å². The van der Waals surface area contributed by atoms with Crippen LogP contribution < -0.4 is 5.32 Å². The van der Waals surface area contributed by atoms with Crippen LogP contribution >= 0.6 is 0 Å². The first kappa shape index (κ1) is 11.0. The number of rotatable bonds is 5. The molecule has 0 bridgehead atoms. The number of nitrogens with zero attached hydrogens (tertiary/aromatic N) is 1. The van der Waals surface area contributed by atoms with E-state index in [9.17, 15) is 0 Å². The van der Waals surface area contributed by atoms with Gasteiger partial charge in [0, 0.05) is 13.1 Å². The standard InChI is InChI=1S/C13H22N2/c1-3-6-15(9-12-4-5-12)10-13-8-14-7-11(13)2/h1,11-14H,4-10H2,2H3. The van der Waals surface area contributed by atoms with E-state index < -0.39 is 0 Å². The molecule has 2 heteroatoms. The summed E-state index contributed by atoms with van der Waals surface area (Å²) in [5.74, 6) is 5.36. The third kappa shape index (κ3) is 3.22. The van der Waals surface area contributed by atoms with E-state index in [1.807, 2.05) is 0 Å². The maximum Gasteiger partial charge on any atom is 0.0599 e. The van der Waals surface area contributed by atoms with Crippen LogP contribution in [0, 0.1) is 30.1 Å². The van der Waals surface area contributed by atoms with Gasteiger partial charge in [0.05, 0.1) is 6.54 Å². The summed E-state index contributed by atoms with van der Waals surface area (Å²) in [5, 5.41) is 3.46. The molecule has 0 aromatic rings. The fraction of sp³-hybridized carbons (Fsp3) is 0.846. The van der Waals surface area contributed by atoms with Crippen molar-refractivity contribution in [3.63, 3.8) is 0 Å². The first-order valence-corrected chi connectivity index (χ1v) is 6.16. The molecule has 0 radical (unpaired) electrons. The summed E-state index contributed by atoms with van der Waals surface area (Å²) in [6.45, 7) is 7.95. The topological polar surface area (TPSA) is 15.3 Å². The molecular weight excluding hydrogens is 184 g/mol. The number of nitrogens with one attached hydrogen (secondary N) is 1. The van der Waals surface area contributed by atoms with Crippen molar-refractivity contribution in [1.29, 1.82) is 0 Å². The molecule has 0 amide bonds. The van der Waals surface area contributed by atoms with Gasteiger partial charge in [-0.15, -0.1) is 6.42 Å². The second-order valence-corrected chi connectivity index (χ2v) is 5.24. The molecule has 0 aromatic carbocycles. The van der Waals surface area contributed by atoms with Crippen molar-refractivity contribution in [3.8, 4) is 12.3 Å². The fourth-order valence-electron chi connectivity index (χ4n) is 2.44. The highest BCUT2D eigenvalue weighted by molar-refractivity contribution is 4.92. The smallest absolute Gasteiger partial charge is 0.0599 e. The molecule has 1 aliphatic carbocycles. The largest absolute Gasteiger partial charge is 0.316 e. The van der Waals surface area contributed by atoms with Crippen LogP contribution in [0.25, 0.3) is 0 Å². The summed E-state index contributed by atoms with van der Waals surface area (Å²) in [5.41, 5.74) is 0. The third-order valence-corrected chi connectivity index (χ3v) is 3.70. The minimum atomic E-state index is 0.803. The number of terminal acetylenes is 1. The van der Waals surface area contributed by atoms with Crippen LogP contribution in [0.5, 0.6) is 0 Å². The first-order chi connectivity index (χ1) is 7.29. The van der Waals surface area contributed by atoms with Gasteiger partial charge < -0.3 is 5.32 Å². The molecule has 2 fully saturated rings. The molecule has 2 atom stereocenters. The predicted octanol–water partition coefficient (Wildman–Crippen LogP) is 1.19. The molecule has 15 heavy (non-hydrogen) atoms. The molecular formula is C13H22N2. The van der Waals surface area contributed by atoms with Crippen LogP contribution in [-0.2, 0) is 0 Å². The Morgan fingerprint density at radius 1 is 1.33 bits per heavy atom. The second-order valence-electron chi connectivity index (χ2n) is 5.24. The minimum Gasteiger partial charge on any atom is -0.316 e. The van der Waals surface area contributed by atoms with Gasteiger partial charge >= 0.3 is 0 Å². The summed E-state index contributed by atoms with van der Waals surface area (Å²) in [7, 11) is 0. The summed E-state index contributed by atoms with van der Waals surface area (Å²) in [4.78, 5) is 2.48. The monoisotopic (exact) mass is 206 g/mol. The lowest BCUT2D eigenvalue weighted by molar-refractivity contribution is 0.232. The molecule has 2 rings (SSSR count). The van der Waals surface area contributed by atoms with Gasteiger partial charge in [-0.1, -0.05) is 12.8 Å². The number of hydrogen-bond donors (Lipinski definition) is 1. The van der Waals surface area contributed by atoms with Gasteiger partial charge in [0.2, 0.25) is 0 Å². The van der Waals surface area contributed by atoms with Gasteiger partial charge in [-0.25, -0.2) is 0 Å². The van der Waals surface area contributed by atoms with Crippen molar-refractivity contribution in [2.75, 3.05) is 32.7 Å². The van der Waals surface area contributed by atoms with Crippen molar-refractivity contribution in [2.24, 2.45) is 17.8 Å². The zero-order valence-corrected chi connectivity index (χ0v) is 9.71. The average Bonchev–Trinajstić information content (AvgIpc) is 2.92. The molecule has 2 aliphatic rings. The lowest BCUT2D eigenvalue weighted by Gasteiger charge is -2.25. The Morgan fingerprint density at radius 2 is 2.13 bits per heavy atom. The Balaban J connectivity index is 1.79. The van der Waals surface area contributed by atoms with E-state index in [0.717, 1.165) is 24.3 Å². The van der Waals surface area contributed by atoms with Crippen molar-refractivity contribution >= 4 is 0 Å². The first-order valence-electron chi connectivity index (χ1n) is 6.16. The van der Waals surface area contributed by atoms with E-state index in [-0.39, 0.29) is 0 Å². The zero-order valence-electron chi connectivity index (χ0n) is 9.71. The van der Waals surface area contributed by atoms with Crippen LogP contribution in [-0.4, -0.2) is 37.6 Å². The Labute approximate surface area is 93.4 Å². The highest BCUT2D eigenvalue weighted by Gasteiger charge is 2.28. The second kappa shape index (κ2) is 5.01. The predicted molar refractivity (Wildman–Crippen MR) is 63.5 cm³/mol. The van der Waals surface area contributed by atoms with Crippen LogP contribution in [0.4, 0.5) is 0 Å². The van der Waals surface area contributed by atoms with E-state index in [1.54, 1.807) is 0 Å². The van der Waals surface area contributed by atoms with E-state index in [4.69, 9.17) is 6.42 Å². The van der Waals surface area contributed by atoms with Crippen molar-refractivity contribution < 1.29 is 0 Å². The van der Waals surface area contributed by atoms with E-state index in [2.05, 4.69) is 23.1 Å². The average molecular weight is 206 g/mol.